The van der Waals surface area contributed by atoms with E-state index in [4.69, 9.17) is 27.9 Å². The van der Waals surface area contributed by atoms with Gasteiger partial charge in [-0.1, -0.05) is 47.5 Å². The molecule has 1 amide bonds. The van der Waals surface area contributed by atoms with Crippen LogP contribution in [0.1, 0.15) is 12.5 Å². The molecule has 0 aliphatic heterocycles. The number of para-hydroxylation sites is 1. The number of nitrogens with one attached hydrogen (secondary N) is 1. The van der Waals surface area contributed by atoms with Gasteiger partial charge in [0.15, 0.2) is 6.10 Å². The fraction of sp³-hybridized carbons (Fsp3) is 0.188. The molecular weight excluding hydrogens is 309 g/mol. The van der Waals surface area contributed by atoms with Crippen molar-refractivity contribution in [1.29, 1.82) is 0 Å². The van der Waals surface area contributed by atoms with Crippen molar-refractivity contribution in [3.05, 3.63) is 58.1 Å². The average Bonchev–Trinajstić information content (AvgIpc) is 2.48. The second-order valence-corrected chi connectivity index (χ2v) is 5.41. The molecule has 0 aliphatic carbocycles. The van der Waals surface area contributed by atoms with Crippen molar-refractivity contribution in [2.45, 2.75) is 20.0 Å². The van der Waals surface area contributed by atoms with Crippen LogP contribution in [0.25, 0.3) is 0 Å². The number of carbonyl (C=O) groups excluding carboxylic acids is 1. The van der Waals surface area contributed by atoms with E-state index >= 15 is 0 Å². The van der Waals surface area contributed by atoms with E-state index < -0.39 is 6.10 Å². The summed E-state index contributed by atoms with van der Waals surface area (Å²) in [5.41, 5.74) is 1.54. The van der Waals surface area contributed by atoms with Crippen molar-refractivity contribution in [3.8, 4) is 5.75 Å². The van der Waals surface area contributed by atoms with E-state index in [0.29, 0.717) is 21.5 Å². The van der Waals surface area contributed by atoms with Gasteiger partial charge in [-0.2, -0.15) is 0 Å². The first-order chi connectivity index (χ1) is 9.99. The van der Waals surface area contributed by atoms with Crippen molar-refractivity contribution in [2.75, 3.05) is 5.32 Å². The first-order valence-electron chi connectivity index (χ1n) is 6.46. The summed E-state index contributed by atoms with van der Waals surface area (Å²) in [6.07, 6.45) is -0.695. The first kappa shape index (κ1) is 15.7. The lowest BCUT2D eigenvalue weighted by molar-refractivity contribution is -0.122. The Morgan fingerprint density at radius 2 is 1.81 bits per heavy atom. The number of aryl methyl sites for hydroxylation is 1. The van der Waals surface area contributed by atoms with Crippen molar-refractivity contribution < 1.29 is 9.53 Å². The van der Waals surface area contributed by atoms with Gasteiger partial charge in [-0.3, -0.25) is 4.79 Å². The molecule has 2 rings (SSSR count). The van der Waals surface area contributed by atoms with Crippen molar-refractivity contribution in [2.24, 2.45) is 0 Å². The molecule has 1 unspecified atom stereocenters. The van der Waals surface area contributed by atoms with Crippen molar-refractivity contribution in [3.63, 3.8) is 0 Å². The Labute approximate surface area is 133 Å². The van der Waals surface area contributed by atoms with E-state index in [2.05, 4.69) is 5.32 Å². The molecule has 1 N–H and O–H groups in total. The molecule has 0 saturated heterocycles. The van der Waals surface area contributed by atoms with Gasteiger partial charge in [-0.25, -0.2) is 0 Å². The van der Waals surface area contributed by atoms with Gasteiger partial charge in [0.1, 0.15) is 10.8 Å². The normalized spacial score (nSPS) is 11.8. The molecule has 0 radical (unpaired) electrons. The number of anilines is 1. The van der Waals surface area contributed by atoms with Crippen molar-refractivity contribution >= 4 is 34.8 Å². The number of halogens is 2. The molecule has 110 valence electrons. The molecule has 0 aliphatic rings. The highest BCUT2D eigenvalue weighted by Crippen LogP contribution is 2.35. The van der Waals surface area contributed by atoms with Crippen LogP contribution in [0.15, 0.2) is 42.5 Å². The average molecular weight is 324 g/mol. The summed E-state index contributed by atoms with van der Waals surface area (Å²) in [6.45, 7) is 3.51. The van der Waals surface area contributed by atoms with Crippen LogP contribution in [0, 0.1) is 6.92 Å². The summed E-state index contributed by atoms with van der Waals surface area (Å²) in [5, 5.41) is 3.49. The standard InChI is InChI=1S/C16H15Cl2NO2/c1-10-8-9-13(17)14(18)15(10)21-11(2)16(20)19-12-6-4-3-5-7-12/h3-9,11H,1-2H3,(H,19,20). The van der Waals surface area contributed by atoms with Gasteiger partial charge in [0.05, 0.1) is 5.02 Å². The molecule has 0 bridgehead atoms. The Morgan fingerprint density at radius 3 is 2.48 bits per heavy atom. The van der Waals surface area contributed by atoms with Gasteiger partial charge in [-0.15, -0.1) is 0 Å². The summed E-state index contributed by atoms with van der Waals surface area (Å²) in [5.74, 6) is 0.177. The molecule has 0 spiro atoms. The minimum absolute atomic E-state index is 0.253. The largest absolute Gasteiger partial charge is 0.479 e. The number of rotatable bonds is 4. The second-order valence-electron chi connectivity index (χ2n) is 4.62. The second kappa shape index (κ2) is 6.83. The molecule has 0 fully saturated rings. The zero-order chi connectivity index (χ0) is 15.4. The predicted octanol–water partition coefficient (Wildman–Crippen LogP) is 4.71. The van der Waals surface area contributed by atoms with Gasteiger partial charge in [0, 0.05) is 5.69 Å². The number of carbonyl (C=O) groups is 1. The Kier molecular flexibility index (Phi) is 5.10. The summed E-state index contributed by atoms with van der Waals surface area (Å²) in [6, 6.07) is 12.7. The number of ether oxygens (including phenoxy) is 1. The van der Waals surface area contributed by atoms with Crippen LogP contribution < -0.4 is 10.1 Å². The fourth-order valence-electron chi connectivity index (χ4n) is 1.77. The molecule has 0 heterocycles. The molecule has 5 heteroatoms. The highest BCUT2D eigenvalue weighted by atomic mass is 35.5. The van der Waals surface area contributed by atoms with Crippen LogP contribution in [0.2, 0.25) is 10.0 Å². The van der Waals surface area contributed by atoms with Gasteiger partial charge in [0.2, 0.25) is 0 Å². The van der Waals surface area contributed by atoms with Crippen LogP contribution in [0.5, 0.6) is 5.75 Å². The van der Waals surface area contributed by atoms with Crippen LogP contribution in [0.3, 0.4) is 0 Å². The Bertz CT molecular complexity index is 644. The molecule has 21 heavy (non-hydrogen) atoms. The van der Waals surface area contributed by atoms with E-state index in [0.717, 1.165) is 5.56 Å². The lowest BCUT2D eigenvalue weighted by Crippen LogP contribution is -2.30. The summed E-state index contributed by atoms with van der Waals surface area (Å²) >= 11 is 12.1. The van der Waals surface area contributed by atoms with Gasteiger partial charge < -0.3 is 10.1 Å². The number of hydrogen-bond acceptors (Lipinski definition) is 2. The van der Waals surface area contributed by atoms with Crippen molar-refractivity contribution in [1.82, 2.24) is 0 Å². The van der Waals surface area contributed by atoms with Crippen LogP contribution >= 0.6 is 23.2 Å². The minimum Gasteiger partial charge on any atom is -0.479 e. The van der Waals surface area contributed by atoms with Crippen LogP contribution in [-0.2, 0) is 4.79 Å². The fourth-order valence-corrected chi connectivity index (χ4v) is 2.17. The zero-order valence-corrected chi connectivity index (χ0v) is 13.2. The van der Waals surface area contributed by atoms with Crippen LogP contribution in [-0.4, -0.2) is 12.0 Å². The quantitative estimate of drug-likeness (QED) is 0.885. The Morgan fingerprint density at radius 1 is 1.14 bits per heavy atom. The Balaban J connectivity index is 2.10. The molecule has 1 atom stereocenters. The summed E-state index contributed by atoms with van der Waals surface area (Å²) < 4.78 is 5.66. The van der Waals surface area contributed by atoms with E-state index in [1.165, 1.54) is 0 Å². The molecule has 0 aromatic heterocycles. The number of hydrogen-bond donors (Lipinski definition) is 1. The monoisotopic (exact) mass is 323 g/mol. The van der Waals surface area contributed by atoms with E-state index in [9.17, 15) is 4.79 Å². The van der Waals surface area contributed by atoms with Gasteiger partial charge in [-0.05, 0) is 37.6 Å². The molecule has 2 aromatic rings. The smallest absolute Gasteiger partial charge is 0.265 e. The first-order valence-corrected chi connectivity index (χ1v) is 7.22. The van der Waals surface area contributed by atoms with Gasteiger partial charge in [0.25, 0.3) is 5.91 Å². The third kappa shape index (κ3) is 3.90. The third-order valence-corrected chi connectivity index (χ3v) is 3.74. The SMILES string of the molecule is Cc1ccc(Cl)c(Cl)c1OC(C)C(=O)Nc1ccccc1. The minimum atomic E-state index is -0.695. The molecule has 3 nitrogen and oxygen atoms in total. The predicted molar refractivity (Wildman–Crippen MR) is 86.4 cm³/mol. The number of amides is 1. The zero-order valence-electron chi connectivity index (χ0n) is 11.7. The third-order valence-electron chi connectivity index (χ3n) is 2.95. The maximum atomic E-state index is 12.1. The summed E-state index contributed by atoms with van der Waals surface area (Å²) in [4.78, 5) is 12.1. The van der Waals surface area contributed by atoms with Crippen LogP contribution in [0.4, 0.5) is 5.69 Å². The summed E-state index contributed by atoms with van der Waals surface area (Å²) in [7, 11) is 0. The maximum absolute atomic E-state index is 12.1. The lowest BCUT2D eigenvalue weighted by Gasteiger charge is -2.17. The Hall–Kier alpha value is -1.71. The van der Waals surface area contributed by atoms with Gasteiger partial charge >= 0.3 is 0 Å². The molecule has 0 saturated carbocycles. The lowest BCUT2D eigenvalue weighted by atomic mass is 10.2. The maximum Gasteiger partial charge on any atom is 0.265 e. The highest BCUT2D eigenvalue weighted by Gasteiger charge is 2.18. The number of benzene rings is 2. The molecular formula is C16H15Cl2NO2. The highest BCUT2D eigenvalue weighted by molar-refractivity contribution is 6.43. The van der Waals surface area contributed by atoms with E-state index in [-0.39, 0.29) is 5.91 Å². The molecule has 2 aromatic carbocycles. The van der Waals surface area contributed by atoms with E-state index in [1.807, 2.05) is 37.3 Å². The van der Waals surface area contributed by atoms with E-state index in [1.54, 1.807) is 19.1 Å². The topological polar surface area (TPSA) is 38.3 Å².